The van der Waals surface area contributed by atoms with Crippen molar-refractivity contribution >= 4 is 6.20 Å². The minimum absolute atomic E-state index is 0.528. The summed E-state index contributed by atoms with van der Waals surface area (Å²) >= 11 is 0. The topological polar surface area (TPSA) is 61.0 Å². The molecule has 52 valence electrons. The van der Waals surface area contributed by atoms with E-state index in [2.05, 4.69) is 4.98 Å². The van der Waals surface area contributed by atoms with Gasteiger partial charge in [0.25, 0.3) is 6.20 Å². The first-order chi connectivity index (χ1) is 4.79. The average Bonchev–Trinajstić information content (AvgIpc) is 2.34. The molecule has 5 nitrogen and oxygen atoms in total. The van der Waals surface area contributed by atoms with Gasteiger partial charge in [-0.2, -0.15) is 0 Å². The van der Waals surface area contributed by atoms with Crippen LogP contribution in [0.2, 0.25) is 0 Å². The zero-order chi connectivity index (χ0) is 7.40. The lowest BCUT2D eigenvalue weighted by molar-refractivity contribution is -0.401. The van der Waals surface area contributed by atoms with E-state index in [0.717, 1.165) is 6.20 Å². The molecule has 0 aliphatic rings. The van der Waals surface area contributed by atoms with Crippen LogP contribution in [-0.4, -0.2) is 14.5 Å². The maximum absolute atomic E-state index is 9.78. The largest absolute Gasteiger partial charge is 0.307 e. The first kappa shape index (κ1) is 6.47. The summed E-state index contributed by atoms with van der Waals surface area (Å²) in [6.07, 6.45) is 6.79. The fourth-order valence-corrected chi connectivity index (χ4v) is 0.489. The highest BCUT2D eigenvalue weighted by Gasteiger charge is 1.84. The van der Waals surface area contributed by atoms with Crippen molar-refractivity contribution in [2.24, 2.45) is 0 Å². The van der Waals surface area contributed by atoms with Crippen LogP contribution in [0.3, 0.4) is 0 Å². The van der Waals surface area contributed by atoms with Crippen molar-refractivity contribution in [3.05, 3.63) is 35.0 Å². The molecule has 10 heavy (non-hydrogen) atoms. The van der Waals surface area contributed by atoms with E-state index in [9.17, 15) is 10.1 Å². The monoisotopic (exact) mass is 139 g/mol. The molecule has 0 aliphatic heterocycles. The van der Waals surface area contributed by atoms with E-state index in [0.29, 0.717) is 0 Å². The average molecular weight is 139 g/mol. The molecule has 0 amide bonds. The van der Waals surface area contributed by atoms with Gasteiger partial charge in [-0.05, 0) is 0 Å². The summed E-state index contributed by atoms with van der Waals surface area (Å²) in [7, 11) is 0. The molecule has 0 saturated heterocycles. The minimum atomic E-state index is -0.528. The van der Waals surface area contributed by atoms with Crippen LogP contribution in [0.1, 0.15) is 0 Å². The molecular formula is C5H5N3O2. The molecule has 0 aromatic carbocycles. The molecule has 0 bridgehead atoms. The number of imidazole rings is 1. The molecule has 1 heterocycles. The molecule has 1 aromatic heterocycles. The van der Waals surface area contributed by atoms with Crippen LogP contribution in [0.15, 0.2) is 24.9 Å². The van der Waals surface area contributed by atoms with E-state index >= 15 is 0 Å². The van der Waals surface area contributed by atoms with Gasteiger partial charge in [0.2, 0.25) is 0 Å². The Morgan fingerprint density at radius 1 is 1.70 bits per heavy atom. The second-order valence-electron chi connectivity index (χ2n) is 1.59. The zero-order valence-electron chi connectivity index (χ0n) is 5.04. The van der Waals surface area contributed by atoms with Gasteiger partial charge < -0.3 is 4.57 Å². The Bertz CT molecular complexity index is 239. The summed E-state index contributed by atoms with van der Waals surface area (Å²) in [6.45, 7) is 0. The number of aromatic nitrogens is 2. The predicted octanol–water partition coefficient (Wildman–Crippen LogP) is 0.588. The van der Waals surface area contributed by atoms with E-state index in [1.54, 1.807) is 12.4 Å². The molecule has 5 heteroatoms. The second-order valence-corrected chi connectivity index (χ2v) is 1.59. The Morgan fingerprint density at radius 2 is 2.50 bits per heavy atom. The molecule has 0 radical (unpaired) electrons. The van der Waals surface area contributed by atoms with Crippen molar-refractivity contribution in [2.45, 2.75) is 0 Å². The molecule has 0 aliphatic carbocycles. The molecule has 0 saturated carbocycles. The van der Waals surface area contributed by atoms with Gasteiger partial charge in [0, 0.05) is 12.4 Å². The number of rotatable bonds is 2. The van der Waals surface area contributed by atoms with Crippen LogP contribution >= 0.6 is 0 Å². The maximum Gasteiger partial charge on any atom is 0.250 e. The molecule has 0 spiro atoms. The van der Waals surface area contributed by atoms with Crippen LogP contribution in [0.25, 0.3) is 6.20 Å². The quantitative estimate of drug-likeness (QED) is 0.445. The normalized spacial score (nSPS) is 10.4. The molecule has 1 rings (SSSR count). The number of nitro groups is 1. The van der Waals surface area contributed by atoms with Crippen molar-refractivity contribution in [1.82, 2.24) is 9.55 Å². The lowest BCUT2D eigenvalue weighted by atomic mass is 10.8. The smallest absolute Gasteiger partial charge is 0.250 e. The van der Waals surface area contributed by atoms with Crippen LogP contribution in [0, 0.1) is 10.1 Å². The van der Waals surface area contributed by atoms with Gasteiger partial charge in [-0.1, -0.05) is 0 Å². The van der Waals surface area contributed by atoms with Gasteiger partial charge in [0.1, 0.15) is 0 Å². The first-order valence-electron chi connectivity index (χ1n) is 2.58. The van der Waals surface area contributed by atoms with E-state index in [1.165, 1.54) is 17.1 Å². The third-order valence-electron chi connectivity index (χ3n) is 0.885. The van der Waals surface area contributed by atoms with Crippen LogP contribution in [0.5, 0.6) is 0 Å². The van der Waals surface area contributed by atoms with E-state index in [-0.39, 0.29) is 0 Å². The Hall–Kier alpha value is -1.65. The fourth-order valence-electron chi connectivity index (χ4n) is 0.489. The van der Waals surface area contributed by atoms with Crippen molar-refractivity contribution in [1.29, 1.82) is 0 Å². The number of nitrogens with zero attached hydrogens (tertiary/aromatic N) is 3. The highest BCUT2D eigenvalue weighted by Crippen LogP contribution is 1.85. The van der Waals surface area contributed by atoms with Gasteiger partial charge in [-0.15, -0.1) is 0 Å². The summed E-state index contributed by atoms with van der Waals surface area (Å²) in [5, 5.41) is 9.78. The SMILES string of the molecule is O=[N+]([O-])/C=C/n1ccnc1. The summed E-state index contributed by atoms with van der Waals surface area (Å²) in [6, 6.07) is 0. The maximum atomic E-state index is 9.78. The van der Waals surface area contributed by atoms with Gasteiger partial charge in [0.05, 0.1) is 17.5 Å². The summed E-state index contributed by atoms with van der Waals surface area (Å²) in [5.74, 6) is 0. The second kappa shape index (κ2) is 2.77. The van der Waals surface area contributed by atoms with Gasteiger partial charge in [0.15, 0.2) is 0 Å². The summed E-state index contributed by atoms with van der Waals surface area (Å²) in [5.41, 5.74) is 0. The van der Waals surface area contributed by atoms with Crippen molar-refractivity contribution in [3.63, 3.8) is 0 Å². The van der Waals surface area contributed by atoms with Gasteiger partial charge in [-0.25, -0.2) is 4.98 Å². The molecule has 0 fully saturated rings. The molecule has 0 unspecified atom stereocenters. The predicted molar refractivity (Wildman–Crippen MR) is 34.6 cm³/mol. The third kappa shape index (κ3) is 1.70. The number of hydrogen-bond donors (Lipinski definition) is 0. The standard InChI is InChI=1S/C5H5N3O2/c9-8(10)4-3-7-2-1-6-5-7/h1-5H/b4-3+. The molecule has 0 atom stereocenters. The number of hydrogen-bond acceptors (Lipinski definition) is 3. The Labute approximate surface area is 56.8 Å². The summed E-state index contributed by atoms with van der Waals surface area (Å²) < 4.78 is 1.49. The first-order valence-corrected chi connectivity index (χ1v) is 2.58. The lowest BCUT2D eigenvalue weighted by Gasteiger charge is -1.83. The summed E-state index contributed by atoms with van der Waals surface area (Å²) in [4.78, 5) is 12.9. The van der Waals surface area contributed by atoms with E-state index in [1.807, 2.05) is 0 Å². The fraction of sp³-hybridized carbons (Fsp3) is 0. The third-order valence-corrected chi connectivity index (χ3v) is 0.885. The zero-order valence-corrected chi connectivity index (χ0v) is 5.04. The minimum Gasteiger partial charge on any atom is -0.307 e. The van der Waals surface area contributed by atoms with Crippen LogP contribution < -0.4 is 0 Å². The Kier molecular flexibility index (Phi) is 1.79. The van der Waals surface area contributed by atoms with E-state index < -0.39 is 4.92 Å². The Morgan fingerprint density at radius 3 is 3.00 bits per heavy atom. The van der Waals surface area contributed by atoms with Crippen LogP contribution in [-0.2, 0) is 0 Å². The molecular weight excluding hydrogens is 134 g/mol. The van der Waals surface area contributed by atoms with E-state index in [4.69, 9.17) is 0 Å². The lowest BCUT2D eigenvalue weighted by Crippen LogP contribution is -1.85. The van der Waals surface area contributed by atoms with Crippen LogP contribution in [0.4, 0.5) is 0 Å². The van der Waals surface area contributed by atoms with Gasteiger partial charge >= 0.3 is 0 Å². The van der Waals surface area contributed by atoms with Crippen molar-refractivity contribution in [2.75, 3.05) is 0 Å². The molecule has 0 N–H and O–H groups in total. The van der Waals surface area contributed by atoms with Gasteiger partial charge in [-0.3, -0.25) is 10.1 Å². The molecule has 1 aromatic rings. The van der Waals surface area contributed by atoms with Crippen molar-refractivity contribution in [3.8, 4) is 0 Å². The van der Waals surface area contributed by atoms with Crippen molar-refractivity contribution < 1.29 is 4.92 Å². The highest BCUT2D eigenvalue weighted by atomic mass is 16.6. The highest BCUT2D eigenvalue weighted by molar-refractivity contribution is 5.17. The Balaban J connectivity index is 2.64.